The van der Waals surface area contributed by atoms with E-state index in [1.807, 2.05) is 13.8 Å². The molecule has 0 spiro atoms. The largest absolute Gasteiger partial charge is 0.481 e. The predicted octanol–water partition coefficient (Wildman–Crippen LogP) is 5.15. The van der Waals surface area contributed by atoms with E-state index < -0.39 is 39.7 Å². The third-order valence-electron chi connectivity index (χ3n) is 6.91. The van der Waals surface area contributed by atoms with Crippen LogP contribution < -0.4 is 16.0 Å². The van der Waals surface area contributed by atoms with Gasteiger partial charge in [0.25, 0.3) is 11.9 Å². The van der Waals surface area contributed by atoms with Gasteiger partial charge in [-0.1, -0.05) is 50.2 Å². The first-order valence-corrected chi connectivity index (χ1v) is 14.4. The van der Waals surface area contributed by atoms with Crippen LogP contribution in [0.1, 0.15) is 49.3 Å². The zero-order valence-corrected chi connectivity index (χ0v) is 25.2. The summed E-state index contributed by atoms with van der Waals surface area (Å²) in [6.07, 6.45) is 1.50. The second-order valence-corrected chi connectivity index (χ2v) is 11.0. The number of anilines is 2. The molecule has 1 amide bonds. The molecule has 14 heteroatoms. The zero-order valence-electron chi connectivity index (χ0n) is 25.2. The van der Waals surface area contributed by atoms with Crippen LogP contribution in [0, 0.1) is 26.1 Å². The molecular formula is C32H35N5O9. The first-order valence-electron chi connectivity index (χ1n) is 14.4. The number of nitro groups is 2. The molecule has 0 bridgehead atoms. The van der Waals surface area contributed by atoms with Crippen LogP contribution in [0.2, 0.25) is 0 Å². The number of carboxylic acid groups (broad SMARTS) is 2. The number of carboxylic acids is 2. The Hall–Kier alpha value is -5.79. The second-order valence-electron chi connectivity index (χ2n) is 11.0. The molecule has 0 radical (unpaired) electrons. The maximum absolute atomic E-state index is 13.5. The van der Waals surface area contributed by atoms with Gasteiger partial charge in [0.15, 0.2) is 5.82 Å². The van der Waals surface area contributed by atoms with Gasteiger partial charge in [-0.25, -0.2) is 4.79 Å². The molecule has 242 valence electrons. The van der Waals surface area contributed by atoms with Crippen molar-refractivity contribution < 1.29 is 34.4 Å². The van der Waals surface area contributed by atoms with Gasteiger partial charge in [0.2, 0.25) is 5.91 Å². The van der Waals surface area contributed by atoms with E-state index in [2.05, 4.69) is 16.0 Å². The number of non-ortho nitro benzene ring substituents is 1. The Balaban J connectivity index is 1.73. The fourth-order valence-corrected chi connectivity index (χ4v) is 4.64. The highest BCUT2D eigenvalue weighted by molar-refractivity contribution is 5.88. The monoisotopic (exact) mass is 633 g/mol. The molecule has 5 N–H and O–H groups in total. The van der Waals surface area contributed by atoms with Crippen molar-refractivity contribution in [2.75, 3.05) is 10.6 Å². The molecule has 0 saturated carbocycles. The SMILES string of the molecule is CC(C)CC(C(=O)NC(Cc1ccc(CCC(=O)O)cc1)C(=O)O)c1ccc(N/C(=C/[N+](=O)[O-])Nc2ccc([N+](=O)[O-])cc2)cc1. The number of rotatable bonds is 17. The van der Waals surface area contributed by atoms with Gasteiger partial charge >= 0.3 is 11.9 Å². The summed E-state index contributed by atoms with van der Waals surface area (Å²) >= 11 is 0. The molecular weight excluding hydrogens is 598 g/mol. The molecule has 14 nitrogen and oxygen atoms in total. The Labute approximate surface area is 264 Å². The Morgan fingerprint density at radius 2 is 1.37 bits per heavy atom. The lowest BCUT2D eigenvalue weighted by Crippen LogP contribution is -2.44. The van der Waals surface area contributed by atoms with Gasteiger partial charge in [-0.3, -0.25) is 29.8 Å². The van der Waals surface area contributed by atoms with Gasteiger partial charge in [0.05, 0.1) is 15.8 Å². The van der Waals surface area contributed by atoms with Crippen molar-refractivity contribution >= 4 is 34.9 Å². The summed E-state index contributed by atoms with van der Waals surface area (Å²) < 4.78 is 0. The molecule has 0 aliphatic carbocycles. The molecule has 3 rings (SSSR count). The van der Waals surface area contributed by atoms with Crippen molar-refractivity contribution in [2.24, 2.45) is 5.92 Å². The lowest BCUT2D eigenvalue weighted by atomic mass is 9.89. The topological polar surface area (TPSA) is 214 Å². The number of carbonyl (C=O) groups excluding carboxylic acids is 1. The van der Waals surface area contributed by atoms with Crippen LogP contribution in [0.15, 0.2) is 84.8 Å². The molecule has 46 heavy (non-hydrogen) atoms. The van der Waals surface area contributed by atoms with Crippen molar-refractivity contribution in [2.45, 2.75) is 51.5 Å². The lowest BCUT2D eigenvalue weighted by molar-refractivity contribution is -0.403. The Bertz CT molecular complexity index is 1570. The number of amides is 1. The van der Waals surface area contributed by atoms with Crippen LogP contribution in [-0.2, 0) is 27.2 Å². The van der Waals surface area contributed by atoms with E-state index in [9.17, 15) is 39.7 Å². The van der Waals surface area contributed by atoms with Crippen molar-refractivity contribution in [1.29, 1.82) is 0 Å². The lowest BCUT2D eigenvalue weighted by Gasteiger charge is -2.23. The highest BCUT2D eigenvalue weighted by atomic mass is 16.6. The summed E-state index contributed by atoms with van der Waals surface area (Å²) in [7, 11) is 0. The first kappa shape index (κ1) is 34.7. The molecule has 3 aromatic rings. The van der Waals surface area contributed by atoms with E-state index >= 15 is 0 Å². The van der Waals surface area contributed by atoms with Gasteiger partial charge in [-0.05, 0) is 59.7 Å². The number of aryl methyl sites for hydroxylation is 1. The van der Waals surface area contributed by atoms with Crippen LogP contribution in [0.5, 0.6) is 0 Å². The standard InChI is InChI=1S/C32H35N5O9/c1-20(2)17-27(31(40)35-28(32(41)42)18-22-5-3-21(4-6-22)7-16-30(38)39)23-8-10-24(11-9-23)33-29(19-36(43)44)34-25-12-14-26(15-13-25)37(45)46/h3-6,8-15,19-20,27-28,33-34H,7,16-18H2,1-2H3,(H,35,40)(H,38,39)(H,41,42)/b29-19-. The van der Waals surface area contributed by atoms with E-state index in [1.165, 1.54) is 24.3 Å². The van der Waals surface area contributed by atoms with Crippen LogP contribution in [0.4, 0.5) is 17.1 Å². The summed E-state index contributed by atoms with van der Waals surface area (Å²) in [6, 6.07) is 17.7. The summed E-state index contributed by atoms with van der Waals surface area (Å²) in [5, 5.41) is 49.2. The summed E-state index contributed by atoms with van der Waals surface area (Å²) in [5.74, 6) is -3.17. The number of hydrogen-bond donors (Lipinski definition) is 5. The number of nitro benzene ring substituents is 1. The van der Waals surface area contributed by atoms with Crippen molar-refractivity contribution in [3.63, 3.8) is 0 Å². The van der Waals surface area contributed by atoms with Gasteiger partial charge < -0.3 is 26.2 Å². The molecule has 3 aromatic carbocycles. The number of nitrogens with zero attached hydrogens (tertiary/aromatic N) is 2. The highest BCUT2D eigenvalue weighted by Gasteiger charge is 2.27. The minimum atomic E-state index is -1.20. The number of nitrogens with one attached hydrogen (secondary N) is 3. The molecule has 0 aromatic heterocycles. The molecule has 0 aliphatic rings. The third-order valence-corrected chi connectivity index (χ3v) is 6.91. The zero-order chi connectivity index (χ0) is 33.8. The first-order chi connectivity index (χ1) is 21.8. The number of carbonyl (C=O) groups is 3. The number of hydrogen-bond acceptors (Lipinski definition) is 9. The summed E-state index contributed by atoms with van der Waals surface area (Å²) in [6.45, 7) is 3.88. The Morgan fingerprint density at radius 3 is 1.85 bits per heavy atom. The average Bonchev–Trinajstić information content (AvgIpc) is 2.99. The van der Waals surface area contributed by atoms with E-state index in [0.29, 0.717) is 41.5 Å². The third kappa shape index (κ3) is 11.0. The van der Waals surface area contributed by atoms with Crippen molar-refractivity contribution in [3.8, 4) is 0 Å². The molecule has 2 unspecified atom stereocenters. The van der Waals surface area contributed by atoms with Crippen LogP contribution in [0.3, 0.4) is 0 Å². The number of benzene rings is 3. The molecule has 0 heterocycles. The van der Waals surface area contributed by atoms with E-state index in [-0.39, 0.29) is 30.3 Å². The normalized spacial score (nSPS) is 12.5. The van der Waals surface area contributed by atoms with Gasteiger partial charge in [0, 0.05) is 36.3 Å². The molecule has 0 aliphatic heterocycles. The quantitative estimate of drug-likeness (QED) is 0.0967. The average molecular weight is 634 g/mol. The van der Waals surface area contributed by atoms with Gasteiger partial charge in [0.1, 0.15) is 6.04 Å². The Morgan fingerprint density at radius 1 is 0.826 bits per heavy atom. The van der Waals surface area contributed by atoms with Crippen LogP contribution in [-0.4, -0.2) is 43.9 Å². The minimum absolute atomic E-state index is 0.0118. The maximum atomic E-state index is 13.5. The van der Waals surface area contributed by atoms with Crippen LogP contribution in [0.25, 0.3) is 0 Å². The Kier molecular flexibility index (Phi) is 12.3. The predicted molar refractivity (Wildman–Crippen MR) is 170 cm³/mol. The van der Waals surface area contributed by atoms with E-state index in [1.54, 1.807) is 48.5 Å². The number of aliphatic carboxylic acids is 2. The van der Waals surface area contributed by atoms with Crippen LogP contribution >= 0.6 is 0 Å². The second kappa shape index (κ2) is 16.3. The smallest absolute Gasteiger partial charge is 0.326 e. The molecule has 0 saturated heterocycles. The van der Waals surface area contributed by atoms with Crippen molar-refractivity contribution in [1.82, 2.24) is 5.32 Å². The van der Waals surface area contributed by atoms with E-state index in [4.69, 9.17) is 5.11 Å². The van der Waals surface area contributed by atoms with Gasteiger partial charge in [-0.2, -0.15) is 0 Å². The highest BCUT2D eigenvalue weighted by Crippen LogP contribution is 2.27. The van der Waals surface area contributed by atoms with Gasteiger partial charge in [-0.15, -0.1) is 0 Å². The molecule has 0 fully saturated rings. The molecule has 2 atom stereocenters. The van der Waals surface area contributed by atoms with Crippen molar-refractivity contribution in [3.05, 3.63) is 122 Å². The maximum Gasteiger partial charge on any atom is 0.326 e. The minimum Gasteiger partial charge on any atom is -0.481 e. The fourth-order valence-electron chi connectivity index (χ4n) is 4.64. The fraction of sp³-hybridized carbons (Fsp3) is 0.281. The summed E-state index contributed by atoms with van der Waals surface area (Å²) in [5.41, 5.74) is 2.78. The summed E-state index contributed by atoms with van der Waals surface area (Å²) in [4.78, 5) is 57.3. The van der Waals surface area contributed by atoms with E-state index in [0.717, 1.165) is 5.56 Å².